The van der Waals surface area contributed by atoms with E-state index in [0.29, 0.717) is 6.61 Å². The SMILES string of the molecule is O=C1OC[C@@H](c2ccccc2)N1c1ccc(Br)cc1. The van der Waals surface area contributed by atoms with Crippen LogP contribution in [0.25, 0.3) is 0 Å². The number of cyclic esters (lactones) is 1. The maximum atomic E-state index is 11.9. The molecular formula is C15H12BrNO2. The van der Waals surface area contributed by atoms with Crippen LogP contribution >= 0.6 is 15.9 Å². The minimum atomic E-state index is -0.295. The number of nitrogens with zero attached hydrogens (tertiary/aromatic N) is 1. The van der Waals surface area contributed by atoms with E-state index >= 15 is 0 Å². The average molecular weight is 318 g/mol. The molecule has 1 amide bonds. The van der Waals surface area contributed by atoms with Crippen LogP contribution in [0.1, 0.15) is 11.6 Å². The Morgan fingerprint density at radius 3 is 2.42 bits per heavy atom. The molecule has 19 heavy (non-hydrogen) atoms. The van der Waals surface area contributed by atoms with Gasteiger partial charge in [-0.15, -0.1) is 0 Å². The number of amides is 1. The van der Waals surface area contributed by atoms with Crippen LogP contribution in [0.2, 0.25) is 0 Å². The van der Waals surface area contributed by atoms with Gasteiger partial charge in [-0.05, 0) is 29.8 Å². The molecule has 0 aromatic heterocycles. The van der Waals surface area contributed by atoms with E-state index in [1.807, 2.05) is 54.6 Å². The number of halogens is 1. The van der Waals surface area contributed by atoms with Gasteiger partial charge >= 0.3 is 6.09 Å². The van der Waals surface area contributed by atoms with Crippen LogP contribution in [0.4, 0.5) is 10.5 Å². The Kier molecular flexibility index (Phi) is 3.25. The first-order chi connectivity index (χ1) is 9.25. The zero-order valence-electron chi connectivity index (χ0n) is 10.1. The molecule has 0 N–H and O–H groups in total. The third-order valence-electron chi connectivity index (χ3n) is 3.16. The molecule has 0 radical (unpaired) electrons. The van der Waals surface area contributed by atoms with Gasteiger partial charge in [-0.3, -0.25) is 4.90 Å². The Hall–Kier alpha value is -1.81. The van der Waals surface area contributed by atoms with Crippen LogP contribution in [-0.2, 0) is 4.74 Å². The van der Waals surface area contributed by atoms with E-state index in [1.165, 1.54) is 0 Å². The third kappa shape index (κ3) is 2.36. The molecule has 1 aliphatic heterocycles. The fourth-order valence-corrected chi connectivity index (χ4v) is 2.49. The molecule has 96 valence electrons. The summed E-state index contributed by atoms with van der Waals surface area (Å²) >= 11 is 3.39. The van der Waals surface area contributed by atoms with Crippen molar-refractivity contribution >= 4 is 27.7 Å². The molecule has 0 unspecified atom stereocenters. The molecule has 4 heteroatoms. The van der Waals surface area contributed by atoms with Crippen LogP contribution in [0.15, 0.2) is 59.1 Å². The van der Waals surface area contributed by atoms with E-state index in [-0.39, 0.29) is 12.1 Å². The molecule has 1 fully saturated rings. The number of hydrogen-bond donors (Lipinski definition) is 0. The summed E-state index contributed by atoms with van der Waals surface area (Å²) in [6.45, 7) is 0.388. The summed E-state index contributed by atoms with van der Waals surface area (Å²) in [5.41, 5.74) is 1.93. The Bertz CT molecular complexity index is 583. The molecule has 1 atom stereocenters. The van der Waals surface area contributed by atoms with Gasteiger partial charge in [0.1, 0.15) is 6.61 Å². The molecule has 0 bridgehead atoms. The van der Waals surface area contributed by atoms with Crippen molar-refractivity contribution in [2.45, 2.75) is 6.04 Å². The standard InChI is InChI=1S/C15H12BrNO2/c16-12-6-8-13(9-7-12)17-14(10-19-15(17)18)11-4-2-1-3-5-11/h1-9,14H,10H2/t14-/m0/s1. The number of anilines is 1. The summed E-state index contributed by atoms with van der Waals surface area (Å²) in [7, 11) is 0. The van der Waals surface area contributed by atoms with Gasteiger partial charge in [0, 0.05) is 10.2 Å². The summed E-state index contributed by atoms with van der Waals surface area (Å²) < 4.78 is 6.18. The summed E-state index contributed by atoms with van der Waals surface area (Å²) in [5, 5.41) is 0. The number of hydrogen-bond acceptors (Lipinski definition) is 2. The van der Waals surface area contributed by atoms with Gasteiger partial charge in [-0.25, -0.2) is 4.79 Å². The largest absolute Gasteiger partial charge is 0.447 e. The Labute approximate surface area is 119 Å². The second-order valence-electron chi connectivity index (χ2n) is 4.35. The zero-order valence-corrected chi connectivity index (χ0v) is 11.7. The van der Waals surface area contributed by atoms with Crippen molar-refractivity contribution in [2.24, 2.45) is 0 Å². The van der Waals surface area contributed by atoms with Gasteiger partial charge < -0.3 is 4.74 Å². The Balaban J connectivity index is 1.97. The average Bonchev–Trinajstić information content (AvgIpc) is 2.83. The predicted molar refractivity (Wildman–Crippen MR) is 77.2 cm³/mol. The van der Waals surface area contributed by atoms with Crippen molar-refractivity contribution < 1.29 is 9.53 Å². The molecular weight excluding hydrogens is 306 g/mol. The van der Waals surface area contributed by atoms with Gasteiger partial charge in [0.25, 0.3) is 0 Å². The molecule has 1 heterocycles. The van der Waals surface area contributed by atoms with E-state index in [9.17, 15) is 4.79 Å². The lowest BCUT2D eigenvalue weighted by Crippen LogP contribution is -2.27. The third-order valence-corrected chi connectivity index (χ3v) is 3.69. The lowest BCUT2D eigenvalue weighted by Gasteiger charge is -2.21. The van der Waals surface area contributed by atoms with Crippen molar-refractivity contribution in [3.05, 3.63) is 64.6 Å². The van der Waals surface area contributed by atoms with Crippen molar-refractivity contribution in [1.82, 2.24) is 0 Å². The first-order valence-corrected chi connectivity index (χ1v) is 6.81. The zero-order chi connectivity index (χ0) is 13.2. The number of carbonyl (C=O) groups excluding carboxylic acids is 1. The maximum absolute atomic E-state index is 11.9. The smallest absolute Gasteiger partial charge is 0.415 e. The predicted octanol–water partition coefficient (Wildman–Crippen LogP) is 4.15. The van der Waals surface area contributed by atoms with Gasteiger partial charge in [0.15, 0.2) is 0 Å². The van der Waals surface area contributed by atoms with Crippen LogP contribution in [0.5, 0.6) is 0 Å². The second-order valence-corrected chi connectivity index (χ2v) is 5.27. The highest BCUT2D eigenvalue weighted by Crippen LogP contribution is 2.33. The minimum Gasteiger partial charge on any atom is -0.447 e. The van der Waals surface area contributed by atoms with Gasteiger partial charge in [-0.2, -0.15) is 0 Å². The fourth-order valence-electron chi connectivity index (χ4n) is 2.23. The topological polar surface area (TPSA) is 29.5 Å². The summed E-state index contributed by atoms with van der Waals surface area (Å²) in [4.78, 5) is 13.6. The fraction of sp³-hybridized carbons (Fsp3) is 0.133. The maximum Gasteiger partial charge on any atom is 0.415 e. The van der Waals surface area contributed by atoms with Crippen molar-refractivity contribution in [3.63, 3.8) is 0 Å². The van der Waals surface area contributed by atoms with E-state index in [0.717, 1.165) is 15.7 Å². The minimum absolute atomic E-state index is 0.0603. The van der Waals surface area contributed by atoms with E-state index in [1.54, 1.807) is 4.90 Å². The monoisotopic (exact) mass is 317 g/mol. The molecule has 2 aromatic rings. The number of carbonyl (C=O) groups is 1. The Morgan fingerprint density at radius 2 is 1.74 bits per heavy atom. The van der Waals surface area contributed by atoms with Gasteiger partial charge in [0.2, 0.25) is 0 Å². The van der Waals surface area contributed by atoms with Crippen LogP contribution in [0, 0.1) is 0 Å². The molecule has 0 aliphatic carbocycles. The quantitative estimate of drug-likeness (QED) is 0.832. The number of benzene rings is 2. The van der Waals surface area contributed by atoms with Crippen LogP contribution in [-0.4, -0.2) is 12.7 Å². The highest BCUT2D eigenvalue weighted by Gasteiger charge is 2.35. The van der Waals surface area contributed by atoms with Crippen LogP contribution < -0.4 is 4.90 Å². The van der Waals surface area contributed by atoms with E-state index < -0.39 is 0 Å². The highest BCUT2D eigenvalue weighted by molar-refractivity contribution is 9.10. The van der Waals surface area contributed by atoms with E-state index in [2.05, 4.69) is 15.9 Å². The second kappa shape index (κ2) is 5.05. The molecule has 1 aliphatic rings. The summed E-state index contributed by atoms with van der Waals surface area (Å²) in [6, 6.07) is 17.5. The lowest BCUT2D eigenvalue weighted by molar-refractivity contribution is 0.179. The lowest BCUT2D eigenvalue weighted by atomic mass is 10.1. The molecule has 3 rings (SSSR count). The Morgan fingerprint density at radius 1 is 1.05 bits per heavy atom. The first kappa shape index (κ1) is 12.2. The molecule has 0 saturated carbocycles. The van der Waals surface area contributed by atoms with Crippen molar-refractivity contribution in [3.8, 4) is 0 Å². The molecule has 1 saturated heterocycles. The number of ether oxygens (including phenoxy) is 1. The van der Waals surface area contributed by atoms with Crippen molar-refractivity contribution in [2.75, 3.05) is 11.5 Å². The van der Waals surface area contributed by atoms with Crippen LogP contribution in [0.3, 0.4) is 0 Å². The molecule has 0 spiro atoms. The van der Waals surface area contributed by atoms with Crippen molar-refractivity contribution in [1.29, 1.82) is 0 Å². The first-order valence-electron chi connectivity index (χ1n) is 6.02. The number of rotatable bonds is 2. The summed E-state index contributed by atoms with van der Waals surface area (Å²) in [5.74, 6) is 0. The molecule has 2 aromatic carbocycles. The molecule has 3 nitrogen and oxygen atoms in total. The van der Waals surface area contributed by atoms with Gasteiger partial charge in [-0.1, -0.05) is 46.3 Å². The normalized spacial score (nSPS) is 18.5. The highest BCUT2D eigenvalue weighted by atomic mass is 79.9. The van der Waals surface area contributed by atoms with Gasteiger partial charge in [0.05, 0.1) is 6.04 Å². The summed E-state index contributed by atoms with van der Waals surface area (Å²) in [6.07, 6.45) is -0.295. The van der Waals surface area contributed by atoms with E-state index in [4.69, 9.17) is 4.74 Å².